The van der Waals surface area contributed by atoms with Gasteiger partial charge in [0.05, 0.1) is 0 Å². The molecule has 1 amide bonds. The van der Waals surface area contributed by atoms with Gasteiger partial charge >= 0.3 is 0 Å². The summed E-state index contributed by atoms with van der Waals surface area (Å²) in [6, 6.07) is 3.30. The molecule has 1 aromatic heterocycles. The maximum Gasteiger partial charge on any atom is 0.237 e. The number of rotatable bonds is 3. The first kappa shape index (κ1) is 12.5. The molecule has 18 heavy (non-hydrogen) atoms. The van der Waals surface area contributed by atoms with Crippen molar-refractivity contribution in [3.63, 3.8) is 0 Å². The molecule has 0 spiro atoms. The highest BCUT2D eigenvalue weighted by Crippen LogP contribution is 2.21. The second kappa shape index (κ2) is 5.58. The van der Waals surface area contributed by atoms with Crippen molar-refractivity contribution >= 4 is 11.7 Å². The van der Waals surface area contributed by atoms with Crippen LogP contribution in [-0.2, 0) is 4.79 Å². The molecule has 1 fully saturated rings. The lowest BCUT2D eigenvalue weighted by Gasteiger charge is -2.19. The summed E-state index contributed by atoms with van der Waals surface area (Å²) in [5, 5.41) is 0. The summed E-state index contributed by atoms with van der Waals surface area (Å²) in [7, 11) is 0. The zero-order valence-corrected chi connectivity index (χ0v) is 10.2. The molecule has 4 heteroatoms. The number of Topliss-reactive ketones (excluding diaryl/α,β-unsaturated/α-hetero) is 1. The van der Waals surface area contributed by atoms with Crippen molar-refractivity contribution in [1.82, 2.24) is 9.88 Å². The third-order valence-electron chi connectivity index (χ3n) is 3.22. The Morgan fingerprint density at radius 3 is 2.78 bits per heavy atom. The Kier molecular flexibility index (Phi) is 3.87. The zero-order valence-electron chi connectivity index (χ0n) is 10.2. The lowest BCUT2D eigenvalue weighted by Crippen LogP contribution is -2.34. The van der Waals surface area contributed by atoms with E-state index in [-0.39, 0.29) is 11.7 Å². The van der Waals surface area contributed by atoms with Crippen LogP contribution < -0.4 is 0 Å². The molecule has 1 aliphatic heterocycles. The van der Waals surface area contributed by atoms with E-state index in [1.54, 1.807) is 29.4 Å². The van der Waals surface area contributed by atoms with Gasteiger partial charge in [-0.2, -0.15) is 0 Å². The molecule has 1 aliphatic rings. The number of likely N-dealkylation sites (tertiary alicyclic amines) is 1. The van der Waals surface area contributed by atoms with E-state index in [0.717, 1.165) is 12.8 Å². The molecule has 4 nitrogen and oxygen atoms in total. The predicted octanol–water partition coefficient (Wildman–Crippen LogP) is 2.04. The van der Waals surface area contributed by atoms with E-state index in [0.29, 0.717) is 18.5 Å². The molecule has 1 atom stereocenters. The quantitative estimate of drug-likeness (QED) is 0.604. The SMILES string of the molecule is C=CN1CCCCC(C(=O)c2ccncc2)C1=O. The first-order valence-electron chi connectivity index (χ1n) is 6.11. The molecule has 1 unspecified atom stereocenters. The summed E-state index contributed by atoms with van der Waals surface area (Å²) >= 11 is 0. The van der Waals surface area contributed by atoms with E-state index in [2.05, 4.69) is 11.6 Å². The van der Waals surface area contributed by atoms with Gasteiger partial charge in [0, 0.05) is 24.5 Å². The Bertz CT molecular complexity index is 456. The van der Waals surface area contributed by atoms with Crippen LogP contribution in [0.3, 0.4) is 0 Å². The Morgan fingerprint density at radius 1 is 1.39 bits per heavy atom. The van der Waals surface area contributed by atoms with Gasteiger partial charge in [-0.25, -0.2) is 0 Å². The average molecular weight is 244 g/mol. The maximum atomic E-state index is 12.3. The molecule has 94 valence electrons. The number of hydrogen-bond donors (Lipinski definition) is 0. The van der Waals surface area contributed by atoms with E-state index in [1.165, 1.54) is 6.20 Å². The van der Waals surface area contributed by atoms with Crippen LogP contribution in [0.25, 0.3) is 0 Å². The van der Waals surface area contributed by atoms with Crippen molar-refractivity contribution in [2.24, 2.45) is 5.92 Å². The highest BCUT2D eigenvalue weighted by Gasteiger charge is 2.31. The fraction of sp³-hybridized carbons (Fsp3) is 0.357. The van der Waals surface area contributed by atoms with Gasteiger partial charge in [-0.3, -0.25) is 14.6 Å². The molecular formula is C14H16N2O2. The average Bonchev–Trinajstić information content (AvgIpc) is 2.60. The highest BCUT2D eigenvalue weighted by atomic mass is 16.2. The van der Waals surface area contributed by atoms with Gasteiger partial charge in [0.25, 0.3) is 0 Å². The minimum Gasteiger partial charge on any atom is -0.319 e. The van der Waals surface area contributed by atoms with Crippen molar-refractivity contribution < 1.29 is 9.59 Å². The Morgan fingerprint density at radius 2 is 2.11 bits per heavy atom. The molecule has 2 heterocycles. The molecule has 0 radical (unpaired) electrons. The van der Waals surface area contributed by atoms with E-state index in [9.17, 15) is 9.59 Å². The van der Waals surface area contributed by atoms with Gasteiger partial charge in [0.1, 0.15) is 5.92 Å². The molecular weight excluding hydrogens is 228 g/mol. The van der Waals surface area contributed by atoms with E-state index in [4.69, 9.17) is 0 Å². The first-order valence-corrected chi connectivity index (χ1v) is 6.11. The van der Waals surface area contributed by atoms with Crippen molar-refractivity contribution in [3.05, 3.63) is 42.9 Å². The summed E-state index contributed by atoms with van der Waals surface area (Å²) in [4.78, 5) is 30.0. The molecule has 2 rings (SSSR count). The second-order valence-electron chi connectivity index (χ2n) is 4.36. The second-order valence-corrected chi connectivity index (χ2v) is 4.36. The summed E-state index contributed by atoms with van der Waals surface area (Å²) in [5.74, 6) is -0.826. The number of nitrogens with zero attached hydrogens (tertiary/aromatic N) is 2. The van der Waals surface area contributed by atoms with Crippen molar-refractivity contribution in [2.75, 3.05) is 6.54 Å². The number of aromatic nitrogens is 1. The van der Waals surface area contributed by atoms with Crippen LogP contribution >= 0.6 is 0 Å². The molecule has 0 bridgehead atoms. The molecule has 0 N–H and O–H groups in total. The van der Waals surface area contributed by atoms with Gasteiger partial charge in [-0.15, -0.1) is 0 Å². The minimum absolute atomic E-state index is 0.115. The minimum atomic E-state index is -0.576. The van der Waals surface area contributed by atoms with Crippen LogP contribution in [0.5, 0.6) is 0 Å². The normalized spacial score (nSPS) is 20.3. The van der Waals surface area contributed by atoms with Crippen LogP contribution in [0, 0.1) is 5.92 Å². The Labute approximate surface area is 106 Å². The van der Waals surface area contributed by atoms with Gasteiger partial charge in [0.15, 0.2) is 5.78 Å². The van der Waals surface area contributed by atoms with Crippen LogP contribution in [-0.4, -0.2) is 28.1 Å². The monoisotopic (exact) mass is 244 g/mol. The predicted molar refractivity (Wildman–Crippen MR) is 67.8 cm³/mol. The van der Waals surface area contributed by atoms with Crippen LogP contribution in [0.2, 0.25) is 0 Å². The number of pyridine rings is 1. The van der Waals surface area contributed by atoms with Gasteiger partial charge < -0.3 is 4.90 Å². The van der Waals surface area contributed by atoms with E-state index >= 15 is 0 Å². The largest absolute Gasteiger partial charge is 0.319 e. The number of carbonyl (C=O) groups is 2. The van der Waals surface area contributed by atoms with Crippen molar-refractivity contribution in [1.29, 1.82) is 0 Å². The van der Waals surface area contributed by atoms with E-state index < -0.39 is 5.92 Å². The third kappa shape index (κ3) is 2.47. The summed E-state index contributed by atoms with van der Waals surface area (Å²) < 4.78 is 0. The summed E-state index contributed by atoms with van der Waals surface area (Å²) in [5.41, 5.74) is 0.550. The highest BCUT2D eigenvalue weighted by molar-refractivity contribution is 6.10. The maximum absolute atomic E-state index is 12.3. The fourth-order valence-electron chi connectivity index (χ4n) is 2.21. The van der Waals surface area contributed by atoms with Gasteiger partial charge in [-0.05, 0) is 31.2 Å². The number of amides is 1. The molecule has 0 saturated carbocycles. The van der Waals surface area contributed by atoms with E-state index in [1.807, 2.05) is 0 Å². The van der Waals surface area contributed by atoms with Crippen molar-refractivity contribution in [2.45, 2.75) is 19.3 Å². The standard InChI is InChI=1S/C14H16N2O2/c1-2-16-10-4-3-5-12(14(16)18)13(17)11-6-8-15-9-7-11/h2,6-9,12H,1,3-5,10H2. The van der Waals surface area contributed by atoms with Crippen molar-refractivity contribution in [3.8, 4) is 0 Å². The smallest absolute Gasteiger partial charge is 0.237 e. The molecule has 1 saturated heterocycles. The molecule has 1 aromatic rings. The number of carbonyl (C=O) groups excluding carboxylic acids is 2. The molecule has 0 aromatic carbocycles. The molecule has 0 aliphatic carbocycles. The Hall–Kier alpha value is -1.97. The first-order chi connectivity index (χ1) is 8.74. The van der Waals surface area contributed by atoms with Crippen LogP contribution in [0.15, 0.2) is 37.3 Å². The van der Waals surface area contributed by atoms with Gasteiger partial charge in [-0.1, -0.05) is 13.0 Å². The summed E-state index contributed by atoms with van der Waals surface area (Å²) in [6.07, 6.45) is 7.07. The number of hydrogen-bond acceptors (Lipinski definition) is 3. The third-order valence-corrected chi connectivity index (χ3v) is 3.22. The topological polar surface area (TPSA) is 50.3 Å². The fourth-order valence-corrected chi connectivity index (χ4v) is 2.21. The lowest BCUT2D eigenvalue weighted by molar-refractivity contribution is -0.130. The Balaban J connectivity index is 2.23. The van der Waals surface area contributed by atoms with Crippen LogP contribution in [0.1, 0.15) is 29.6 Å². The lowest BCUT2D eigenvalue weighted by atomic mass is 9.93. The van der Waals surface area contributed by atoms with Crippen LogP contribution in [0.4, 0.5) is 0 Å². The van der Waals surface area contributed by atoms with Gasteiger partial charge in [0.2, 0.25) is 5.91 Å². The zero-order chi connectivity index (χ0) is 13.0. The number of ketones is 1. The summed E-state index contributed by atoms with van der Waals surface area (Å²) in [6.45, 7) is 4.28.